The van der Waals surface area contributed by atoms with Crippen LogP contribution in [-0.2, 0) is 0 Å². The van der Waals surface area contributed by atoms with Crippen molar-refractivity contribution in [3.63, 3.8) is 0 Å². The average Bonchev–Trinajstić information content (AvgIpc) is 2.59. The summed E-state index contributed by atoms with van der Waals surface area (Å²) in [6.45, 7) is 3.93. The molecule has 0 aliphatic heterocycles. The van der Waals surface area contributed by atoms with Crippen molar-refractivity contribution in [2.45, 2.75) is 0 Å². The summed E-state index contributed by atoms with van der Waals surface area (Å²) in [6, 6.07) is 8.06. The van der Waals surface area contributed by atoms with Gasteiger partial charge < -0.3 is 11.1 Å². The maximum absolute atomic E-state index is 5.71. The van der Waals surface area contributed by atoms with Crippen molar-refractivity contribution in [1.82, 2.24) is 5.32 Å². The number of hydrogen-bond donors (Lipinski definition) is 2. The highest BCUT2D eigenvalue weighted by Gasteiger charge is 2.03. The number of fused-ring (bicyclic) bond motifs is 1. The molecule has 3 heteroatoms. The lowest BCUT2D eigenvalue weighted by molar-refractivity contribution is 1.14. The van der Waals surface area contributed by atoms with Gasteiger partial charge in [0.25, 0.3) is 0 Å². The highest BCUT2D eigenvalue weighted by molar-refractivity contribution is 7.20. The van der Waals surface area contributed by atoms with E-state index in [4.69, 9.17) is 5.73 Å². The molecule has 0 spiro atoms. The van der Waals surface area contributed by atoms with Crippen LogP contribution in [0.15, 0.2) is 30.8 Å². The van der Waals surface area contributed by atoms with Crippen LogP contribution in [0, 0.1) is 0 Å². The number of benzene rings is 1. The molecule has 0 saturated carbocycles. The van der Waals surface area contributed by atoms with Gasteiger partial charge in [-0.05, 0) is 29.7 Å². The van der Waals surface area contributed by atoms with E-state index < -0.39 is 0 Å². The first-order chi connectivity index (χ1) is 6.70. The molecule has 2 aromatic rings. The van der Waals surface area contributed by atoms with Crippen LogP contribution in [0.1, 0.15) is 4.88 Å². The minimum absolute atomic E-state index is 0.803. The summed E-state index contributed by atoms with van der Waals surface area (Å²) in [5, 5.41) is 4.22. The van der Waals surface area contributed by atoms with E-state index in [1.165, 1.54) is 10.1 Å². The van der Waals surface area contributed by atoms with Gasteiger partial charge in [0, 0.05) is 23.1 Å². The standard InChI is InChI=1S/C11H12N2S/c1-7(13-2)11-6-8-5-9(12)3-4-10(8)14-11/h3-6,13H,1,12H2,2H3. The lowest BCUT2D eigenvalue weighted by Gasteiger charge is -1.97. The molecule has 1 heterocycles. The molecule has 0 bridgehead atoms. The van der Waals surface area contributed by atoms with Crippen LogP contribution in [0.25, 0.3) is 15.8 Å². The SMILES string of the molecule is C=C(NC)c1cc2cc(N)ccc2s1. The highest BCUT2D eigenvalue weighted by atomic mass is 32.1. The normalized spacial score (nSPS) is 10.4. The topological polar surface area (TPSA) is 38.0 Å². The molecule has 0 aliphatic rings. The van der Waals surface area contributed by atoms with E-state index in [-0.39, 0.29) is 0 Å². The molecular weight excluding hydrogens is 192 g/mol. The third-order valence-corrected chi connectivity index (χ3v) is 3.32. The molecule has 0 unspecified atom stereocenters. The Bertz CT molecular complexity index is 485. The fraction of sp³-hybridized carbons (Fsp3) is 0.0909. The van der Waals surface area contributed by atoms with Gasteiger partial charge in [-0.2, -0.15) is 0 Å². The smallest absolute Gasteiger partial charge is 0.0508 e. The Labute approximate surface area is 87.0 Å². The van der Waals surface area contributed by atoms with E-state index in [2.05, 4.69) is 18.0 Å². The van der Waals surface area contributed by atoms with Crippen molar-refractivity contribution in [3.05, 3.63) is 35.7 Å². The molecule has 1 aromatic heterocycles. The summed E-state index contributed by atoms with van der Waals surface area (Å²) >= 11 is 1.72. The fourth-order valence-corrected chi connectivity index (χ4v) is 2.35. The molecule has 2 rings (SSSR count). The number of hydrogen-bond acceptors (Lipinski definition) is 3. The zero-order valence-electron chi connectivity index (χ0n) is 8.00. The first kappa shape index (κ1) is 9.09. The first-order valence-corrected chi connectivity index (χ1v) is 5.18. The van der Waals surface area contributed by atoms with Gasteiger partial charge in [-0.15, -0.1) is 11.3 Å². The van der Waals surface area contributed by atoms with Crippen molar-refractivity contribution < 1.29 is 0 Å². The minimum atomic E-state index is 0.803. The van der Waals surface area contributed by atoms with E-state index in [9.17, 15) is 0 Å². The monoisotopic (exact) mass is 204 g/mol. The number of nitrogen functional groups attached to an aromatic ring is 1. The van der Waals surface area contributed by atoms with E-state index in [1.54, 1.807) is 11.3 Å². The Morgan fingerprint density at radius 2 is 2.21 bits per heavy atom. The van der Waals surface area contributed by atoms with Crippen LogP contribution in [0.2, 0.25) is 0 Å². The molecule has 2 nitrogen and oxygen atoms in total. The zero-order chi connectivity index (χ0) is 10.1. The first-order valence-electron chi connectivity index (χ1n) is 4.37. The predicted molar refractivity (Wildman–Crippen MR) is 64.3 cm³/mol. The Morgan fingerprint density at radius 3 is 2.93 bits per heavy atom. The van der Waals surface area contributed by atoms with Crippen LogP contribution in [0.4, 0.5) is 5.69 Å². The van der Waals surface area contributed by atoms with Crippen molar-refractivity contribution in [2.24, 2.45) is 0 Å². The molecule has 0 aliphatic carbocycles. The van der Waals surface area contributed by atoms with Crippen LogP contribution in [0.5, 0.6) is 0 Å². The summed E-state index contributed by atoms with van der Waals surface area (Å²) in [7, 11) is 1.88. The summed E-state index contributed by atoms with van der Waals surface area (Å²) in [4.78, 5) is 1.16. The maximum Gasteiger partial charge on any atom is 0.0508 e. The molecule has 0 atom stereocenters. The number of rotatable bonds is 2. The molecule has 0 radical (unpaired) electrons. The molecule has 0 amide bonds. The van der Waals surface area contributed by atoms with E-state index in [1.807, 2.05) is 25.2 Å². The summed E-state index contributed by atoms with van der Waals surface area (Å²) in [5.74, 6) is 0. The van der Waals surface area contributed by atoms with Gasteiger partial charge in [-0.3, -0.25) is 0 Å². The van der Waals surface area contributed by atoms with Gasteiger partial charge in [0.15, 0.2) is 0 Å². The molecule has 0 fully saturated rings. The quantitative estimate of drug-likeness (QED) is 0.738. The highest BCUT2D eigenvalue weighted by Crippen LogP contribution is 2.29. The van der Waals surface area contributed by atoms with Crippen LogP contribution >= 0.6 is 11.3 Å². The largest absolute Gasteiger partial charge is 0.399 e. The van der Waals surface area contributed by atoms with Gasteiger partial charge in [-0.1, -0.05) is 6.58 Å². The summed E-state index contributed by atoms with van der Waals surface area (Å²) in [6.07, 6.45) is 0. The predicted octanol–water partition coefficient (Wildman–Crippen LogP) is 2.67. The van der Waals surface area contributed by atoms with Crippen molar-refractivity contribution >= 4 is 32.8 Å². The van der Waals surface area contributed by atoms with Gasteiger partial charge in [-0.25, -0.2) is 0 Å². The molecule has 3 N–H and O–H groups in total. The van der Waals surface area contributed by atoms with Gasteiger partial charge in [0.1, 0.15) is 0 Å². The molecule has 72 valence electrons. The summed E-state index contributed by atoms with van der Waals surface area (Å²) < 4.78 is 1.24. The van der Waals surface area contributed by atoms with Crippen LogP contribution in [0.3, 0.4) is 0 Å². The van der Waals surface area contributed by atoms with Crippen molar-refractivity contribution in [3.8, 4) is 0 Å². The zero-order valence-corrected chi connectivity index (χ0v) is 8.82. The van der Waals surface area contributed by atoms with Gasteiger partial charge in [0.05, 0.1) is 4.88 Å². The van der Waals surface area contributed by atoms with E-state index >= 15 is 0 Å². The van der Waals surface area contributed by atoms with Crippen LogP contribution < -0.4 is 11.1 Å². The lowest BCUT2D eigenvalue weighted by Crippen LogP contribution is -2.00. The minimum Gasteiger partial charge on any atom is -0.399 e. The maximum atomic E-state index is 5.71. The van der Waals surface area contributed by atoms with E-state index in [0.29, 0.717) is 0 Å². The van der Waals surface area contributed by atoms with Crippen molar-refractivity contribution in [1.29, 1.82) is 0 Å². The molecule has 1 aromatic carbocycles. The Hall–Kier alpha value is -1.48. The number of nitrogens with one attached hydrogen (secondary N) is 1. The second kappa shape index (κ2) is 3.35. The molecule has 14 heavy (non-hydrogen) atoms. The third-order valence-electron chi connectivity index (χ3n) is 2.14. The third kappa shape index (κ3) is 1.46. The van der Waals surface area contributed by atoms with Gasteiger partial charge in [0.2, 0.25) is 0 Å². The number of nitrogens with two attached hydrogens (primary N) is 1. The van der Waals surface area contributed by atoms with Crippen molar-refractivity contribution in [2.75, 3.05) is 12.8 Å². The second-order valence-electron chi connectivity index (χ2n) is 3.14. The Morgan fingerprint density at radius 1 is 1.43 bits per heavy atom. The second-order valence-corrected chi connectivity index (χ2v) is 4.22. The number of anilines is 1. The van der Waals surface area contributed by atoms with E-state index in [0.717, 1.165) is 16.3 Å². The fourth-order valence-electron chi connectivity index (χ4n) is 1.33. The van der Waals surface area contributed by atoms with Crippen LogP contribution in [-0.4, -0.2) is 7.05 Å². The van der Waals surface area contributed by atoms with Gasteiger partial charge >= 0.3 is 0 Å². The molecule has 0 saturated heterocycles. The Kier molecular flexibility index (Phi) is 2.17. The lowest BCUT2D eigenvalue weighted by atomic mass is 10.2. The Balaban J connectivity index is 2.56. The number of thiophene rings is 1. The average molecular weight is 204 g/mol. The summed E-state index contributed by atoms with van der Waals surface area (Å²) in [5.41, 5.74) is 7.46. The molecular formula is C11H12N2S.